The van der Waals surface area contributed by atoms with Crippen LogP contribution in [0, 0.1) is 0 Å². The number of nitrogen functional groups attached to an aromatic ring is 1. The van der Waals surface area contributed by atoms with Gasteiger partial charge in [-0.3, -0.25) is 9.80 Å². The molecule has 0 spiro atoms. The van der Waals surface area contributed by atoms with E-state index in [4.69, 9.17) is 10.5 Å². The van der Waals surface area contributed by atoms with Crippen molar-refractivity contribution in [2.24, 2.45) is 0 Å². The van der Waals surface area contributed by atoms with Crippen molar-refractivity contribution in [3.63, 3.8) is 0 Å². The van der Waals surface area contributed by atoms with Crippen LogP contribution < -0.4 is 10.5 Å². The average Bonchev–Trinajstić information content (AvgIpc) is 2.39. The van der Waals surface area contributed by atoms with Gasteiger partial charge in [-0.1, -0.05) is 13.0 Å². The second kappa shape index (κ2) is 6.26. The molecule has 0 aromatic heterocycles. The third-order valence-electron chi connectivity index (χ3n) is 3.96. The zero-order valence-corrected chi connectivity index (χ0v) is 12.2. The zero-order valence-electron chi connectivity index (χ0n) is 12.2. The minimum absolute atomic E-state index is 0.634. The summed E-state index contributed by atoms with van der Waals surface area (Å²) in [5, 5.41) is 0. The second-order valence-electron chi connectivity index (χ2n) is 5.29. The zero-order chi connectivity index (χ0) is 13.8. The van der Waals surface area contributed by atoms with Gasteiger partial charge in [0.1, 0.15) is 5.75 Å². The van der Waals surface area contributed by atoms with Crippen LogP contribution in [0.5, 0.6) is 5.75 Å². The predicted molar refractivity (Wildman–Crippen MR) is 79.4 cm³/mol. The van der Waals surface area contributed by atoms with Gasteiger partial charge in [-0.25, -0.2) is 0 Å². The molecule has 1 fully saturated rings. The molecule has 19 heavy (non-hydrogen) atoms. The van der Waals surface area contributed by atoms with E-state index in [1.54, 1.807) is 7.11 Å². The van der Waals surface area contributed by atoms with Crippen molar-refractivity contribution in [1.29, 1.82) is 0 Å². The Balaban J connectivity index is 1.96. The molecule has 1 heterocycles. The highest BCUT2D eigenvalue weighted by Crippen LogP contribution is 2.23. The first-order chi connectivity index (χ1) is 9.13. The molecule has 2 N–H and O–H groups in total. The Hall–Kier alpha value is -1.26. The number of rotatable bonds is 4. The van der Waals surface area contributed by atoms with Crippen molar-refractivity contribution in [3.8, 4) is 5.75 Å². The summed E-state index contributed by atoms with van der Waals surface area (Å²) < 4.78 is 5.19. The van der Waals surface area contributed by atoms with Gasteiger partial charge in [0.25, 0.3) is 0 Å². The third kappa shape index (κ3) is 3.39. The number of ether oxygens (including phenoxy) is 1. The molecule has 1 aliphatic heterocycles. The van der Waals surface area contributed by atoms with Gasteiger partial charge in [0.05, 0.1) is 12.8 Å². The lowest BCUT2D eigenvalue weighted by Gasteiger charge is -2.39. The van der Waals surface area contributed by atoms with Gasteiger partial charge in [-0.2, -0.15) is 0 Å². The number of nitrogens with zero attached hydrogens (tertiary/aromatic N) is 2. The Morgan fingerprint density at radius 1 is 1.37 bits per heavy atom. The maximum atomic E-state index is 5.96. The highest BCUT2D eigenvalue weighted by Gasteiger charge is 2.22. The Morgan fingerprint density at radius 3 is 2.74 bits per heavy atom. The molecule has 0 saturated carbocycles. The van der Waals surface area contributed by atoms with E-state index in [0.717, 1.165) is 44.2 Å². The molecule has 1 unspecified atom stereocenters. The summed E-state index contributed by atoms with van der Waals surface area (Å²) in [6.07, 6.45) is 0. The summed E-state index contributed by atoms with van der Waals surface area (Å²) in [4.78, 5) is 5.02. The number of nitrogens with two attached hydrogens (primary N) is 1. The van der Waals surface area contributed by atoms with E-state index in [0.29, 0.717) is 6.04 Å². The Labute approximate surface area is 116 Å². The highest BCUT2D eigenvalue weighted by molar-refractivity contribution is 5.54. The Bertz CT molecular complexity index is 422. The number of hydrogen-bond acceptors (Lipinski definition) is 4. The number of likely N-dealkylation sites (N-methyl/N-ethyl adjacent to an activating group) is 1. The predicted octanol–water partition coefficient (Wildman–Crippen LogP) is 1.80. The molecule has 4 nitrogen and oxygen atoms in total. The van der Waals surface area contributed by atoms with Crippen molar-refractivity contribution in [2.45, 2.75) is 26.4 Å². The molecule has 106 valence electrons. The molecular formula is C15H25N3O. The van der Waals surface area contributed by atoms with Gasteiger partial charge < -0.3 is 10.5 Å². The van der Waals surface area contributed by atoms with Gasteiger partial charge in [-0.15, -0.1) is 0 Å². The fourth-order valence-electron chi connectivity index (χ4n) is 2.82. The highest BCUT2D eigenvalue weighted by atomic mass is 16.5. The summed E-state index contributed by atoms with van der Waals surface area (Å²) >= 11 is 0. The largest absolute Gasteiger partial charge is 0.495 e. The van der Waals surface area contributed by atoms with Gasteiger partial charge in [0, 0.05) is 32.2 Å². The molecule has 0 amide bonds. The van der Waals surface area contributed by atoms with Gasteiger partial charge in [0.15, 0.2) is 0 Å². The van der Waals surface area contributed by atoms with E-state index in [2.05, 4.69) is 29.7 Å². The van der Waals surface area contributed by atoms with Gasteiger partial charge in [-0.05, 0) is 31.2 Å². The fourth-order valence-corrected chi connectivity index (χ4v) is 2.82. The molecule has 0 aliphatic carbocycles. The number of hydrogen-bond donors (Lipinski definition) is 1. The Morgan fingerprint density at radius 2 is 2.16 bits per heavy atom. The summed E-state index contributed by atoms with van der Waals surface area (Å²) in [5.74, 6) is 0.757. The smallest absolute Gasteiger partial charge is 0.141 e. The molecule has 0 radical (unpaired) electrons. The Kier molecular flexibility index (Phi) is 4.66. The standard InChI is InChI=1S/C15H25N3O/c1-4-18-8-7-17(10-12(18)2)11-13-5-6-15(19-3)14(16)9-13/h5-6,9,12H,4,7-8,10-11,16H2,1-3H3. The minimum atomic E-state index is 0.634. The normalized spacial score (nSPS) is 21.5. The SMILES string of the molecule is CCN1CCN(Cc2ccc(OC)c(N)c2)CC1C. The van der Waals surface area contributed by atoms with Crippen molar-refractivity contribution in [1.82, 2.24) is 9.80 Å². The molecule has 0 bridgehead atoms. The molecular weight excluding hydrogens is 238 g/mol. The lowest BCUT2D eigenvalue weighted by atomic mass is 10.1. The van der Waals surface area contributed by atoms with E-state index in [-0.39, 0.29) is 0 Å². The van der Waals surface area contributed by atoms with Crippen LogP contribution in [0.25, 0.3) is 0 Å². The van der Waals surface area contributed by atoms with Crippen LogP contribution in [0.3, 0.4) is 0 Å². The topological polar surface area (TPSA) is 41.7 Å². The first-order valence-corrected chi connectivity index (χ1v) is 7.02. The van der Waals surface area contributed by atoms with Crippen LogP contribution in [-0.2, 0) is 6.54 Å². The lowest BCUT2D eigenvalue weighted by molar-refractivity contribution is 0.0834. The van der Waals surface area contributed by atoms with Crippen molar-refractivity contribution in [2.75, 3.05) is 39.0 Å². The molecule has 1 saturated heterocycles. The summed E-state index contributed by atoms with van der Waals surface area (Å²) in [6, 6.07) is 6.72. The van der Waals surface area contributed by atoms with Crippen LogP contribution in [-0.4, -0.2) is 49.1 Å². The molecule has 2 rings (SSSR count). The van der Waals surface area contributed by atoms with Crippen molar-refractivity contribution < 1.29 is 4.74 Å². The van der Waals surface area contributed by atoms with Crippen LogP contribution >= 0.6 is 0 Å². The number of methoxy groups -OCH3 is 1. The van der Waals surface area contributed by atoms with E-state index in [9.17, 15) is 0 Å². The van der Waals surface area contributed by atoms with Crippen LogP contribution in [0.4, 0.5) is 5.69 Å². The number of piperazine rings is 1. The first-order valence-electron chi connectivity index (χ1n) is 7.02. The van der Waals surface area contributed by atoms with E-state index in [1.807, 2.05) is 12.1 Å². The van der Waals surface area contributed by atoms with E-state index < -0.39 is 0 Å². The van der Waals surface area contributed by atoms with Gasteiger partial charge >= 0.3 is 0 Å². The van der Waals surface area contributed by atoms with Crippen LogP contribution in [0.15, 0.2) is 18.2 Å². The van der Waals surface area contributed by atoms with Crippen LogP contribution in [0.1, 0.15) is 19.4 Å². The summed E-state index contributed by atoms with van der Waals surface area (Å²) in [5.41, 5.74) is 7.94. The quantitative estimate of drug-likeness (QED) is 0.841. The van der Waals surface area contributed by atoms with Gasteiger partial charge in [0.2, 0.25) is 0 Å². The lowest BCUT2D eigenvalue weighted by Crippen LogP contribution is -2.51. The van der Waals surface area contributed by atoms with E-state index in [1.165, 1.54) is 5.56 Å². The third-order valence-corrected chi connectivity index (χ3v) is 3.96. The number of benzene rings is 1. The van der Waals surface area contributed by atoms with Crippen molar-refractivity contribution >= 4 is 5.69 Å². The number of anilines is 1. The molecule has 1 atom stereocenters. The average molecular weight is 263 g/mol. The monoisotopic (exact) mass is 263 g/mol. The molecule has 1 aliphatic rings. The molecule has 4 heteroatoms. The summed E-state index contributed by atoms with van der Waals surface area (Å²) in [7, 11) is 1.65. The van der Waals surface area contributed by atoms with Crippen LogP contribution in [0.2, 0.25) is 0 Å². The van der Waals surface area contributed by atoms with Crippen molar-refractivity contribution in [3.05, 3.63) is 23.8 Å². The van der Waals surface area contributed by atoms with E-state index >= 15 is 0 Å². The fraction of sp³-hybridized carbons (Fsp3) is 0.600. The molecule has 1 aromatic rings. The molecule has 1 aromatic carbocycles. The maximum absolute atomic E-state index is 5.96. The maximum Gasteiger partial charge on any atom is 0.141 e. The second-order valence-corrected chi connectivity index (χ2v) is 5.29. The first kappa shape index (κ1) is 14.2. The minimum Gasteiger partial charge on any atom is -0.495 e. The summed E-state index contributed by atoms with van der Waals surface area (Å²) in [6.45, 7) is 10.1.